The van der Waals surface area contributed by atoms with Crippen molar-refractivity contribution in [2.75, 3.05) is 0 Å². The molecule has 1 nitrogen and oxygen atoms in total. The molecule has 3 aromatic carbocycles. The smallest absolute Gasteiger partial charge is 0.0701 e. The summed E-state index contributed by atoms with van der Waals surface area (Å²) in [5.41, 5.74) is 7.06. The summed E-state index contributed by atoms with van der Waals surface area (Å²) >= 11 is 0. The van der Waals surface area contributed by atoms with Crippen LogP contribution >= 0.6 is 0 Å². The third-order valence-corrected chi connectivity index (χ3v) is 4.15. The molecule has 0 aliphatic rings. The highest BCUT2D eigenvalue weighted by molar-refractivity contribution is 5.74. The number of benzene rings is 3. The van der Waals surface area contributed by atoms with Crippen LogP contribution in [0.2, 0.25) is 0 Å². The summed E-state index contributed by atoms with van der Waals surface area (Å²) in [5.74, 6) is 0. The molecule has 0 atom stereocenters. The summed E-state index contributed by atoms with van der Waals surface area (Å²) < 4.78 is 0. The molecule has 0 radical (unpaired) electrons. The molecule has 0 bridgehead atoms. The zero-order valence-electron chi connectivity index (χ0n) is 13.3. The fourth-order valence-corrected chi connectivity index (χ4v) is 2.88. The van der Waals surface area contributed by atoms with E-state index in [0.29, 0.717) is 0 Å². The lowest BCUT2D eigenvalue weighted by Crippen LogP contribution is -1.84. The molecule has 0 amide bonds. The first-order valence-corrected chi connectivity index (χ1v) is 8.07. The molecule has 0 fully saturated rings. The molecule has 1 aromatic heterocycles. The lowest BCUT2D eigenvalue weighted by Gasteiger charge is -2.07. The van der Waals surface area contributed by atoms with E-state index in [1.807, 2.05) is 30.5 Å². The van der Waals surface area contributed by atoms with Crippen LogP contribution in [-0.4, -0.2) is 4.98 Å². The van der Waals surface area contributed by atoms with Gasteiger partial charge >= 0.3 is 0 Å². The standard InChI is InChI=1S/C23H17N/c1-2-7-18(8-3-1)21-9-6-10-22(17-21)19-12-14-20(15-13-19)23-11-4-5-16-24-23/h1-17H. The van der Waals surface area contributed by atoms with E-state index in [-0.39, 0.29) is 0 Å². The Bertz CT molecular complexity index is 926. The Hall–Kier alpha value is -3.19. The summed E-state index contributed by atoms with van der Waals surface area (Å²) in [6.07, 6.45) is 1.83. The Labute approximate surface area is 142 Å². The van der Waals surface area contributed by atoms with Crippen LogP contribution in [0.4, 0.5) is 0 Å². The van der Waals surface area contributed by atoms with E-state index in [4.69, 9.17) is 0 Å². The molecule has 0 N–H and O–H groups in total. The molecular formula is C23H17N. The van der Waals surface area contributed by atoms with Gasteiger partial charge in [0.15, 0.2) is 0 Å². The predicted octanol–water partition coefficient (Wildman–Crippen LogP) is 6.08. The fraction of sp³-hybridized carbons (Fsp3) is 0. The van der Waals surface area contributed by atoms with Crippen molar-refractivity contribution < 1.29 is 0 Å². The van der Waals surface area contributed by atoms with Crippen LogP contribution in [0.25, 0.3) is 33.5 Å². The molecule has 24 heavy (non-hydrogen) atoms. The van der Waals surface area contributed by atoms with E-state index in [1.165, 1.54) is 22.3 Å². The van der Waals surface area contributed by atoms with Crippen molar-refractivity contribution in [3.8, 4) is 33.5 Å². The van der Waals surface area contributed by atoms with Gasteiger partial charge < -0.3 is 0 Å². The van der Waals surface area contributed by atoms with Crippen molar-refractivity contribution in [2.45, 2.75) is 0 Å². The van der Waals surface area contributed by atoms with E-state index >= 15 is 0 Å². The number of hydrogen-bond donors (Lipinski definition) is 0. The van der Waals surface area contributed by atoms with Crippen molar-refractivity contribution >= 4 is 0 Å². The third kappa shape index (κ3) is 2.97. The van der Waals surface area contributed by atoms with Crippen molar-refractivity contribution in [3.63, 3.8) is 0 Å². The van der Waals surface area contributed by atoms with Gasteiger partial charge in [-0.1, -0.05) is 78.9 Å². The first-order valence-electron chi connectivity index (χ1n) is 8.07. The maximum atomic E-state index is 4.41. The number of pyridine rings is 1. The second-order valence-corrected chi connectivity index (χ2v) is 5.74. The third-order valence-electron chi connectivity index (χ3n) is 4.15. The number of rotatable bonds is 3. The van der Waals surface area contributed by atoms with Crippen LogP contribution in [0.3, 0.4) is 0 Å². The summed E-state index contributed by atoms with van der Waals surface area (Å²) in [6, 6.07) is 33.7. The van der Waals surface area contributed by atoms with Crippen molar-refractivity contribution in [3.05, 3.63) is 103 Å². The Kier molecular flexibility index (Phi) is 3.91. The summed E-state index contributed by atoms with van der Waals surface area (Å²) in [6.45, 7) is 0. The minimum atomic E-state index is 1.00. The lowest BCUT2D eigenvalue weighted by molar-refractivity contribution is 1.33. The Morgan fingerprint density at radius 3 is 1.67 bits per heavy atom. The highest BCUT2D eigenvalue weighted by Crippen LogP contribution is 2.27. The van der Waals surface area contributed by atoms with Crippen molar-refractivity contribution in [1.29, 1.82) is 0 Å². The summed E-state index contributed by atoms with van der Waals surface area (Å²) in [4.78, 5) is 4.41. The van der Waals surface area contributed by atoms with Gasteiger partial charge in [0.2, 0.25) is 0 Å². The van der Waals surface area contributed by atoms with Gasteiger partial charge in [-0.2, -0.15) is 0 Å². The van der Waals surface area contributed by atoms with Crippen LogP contribution in [0.5, 0.6) is 0 Å². The summed E-state index contributed by atoms with van der Waals surface area (Å²) in [7, 11) is 0. The van der Waals surface area contributed by atoms with Crippen molar-refractivity contribution in [1.82, 2.24) is 4.98 Å². The van der Waals surface area contributed by atoms with Crippen LogP contribution in [-0.2, 0) is 0 Å². The van der Waals surface area contributed by atoms with Crippen LogP contribution in [0, 0.1) is 0 Å². The van der Waals surface area contributed by atoms with Gasteiger partial charge in [0.1, 0.15) is 0 Å². The molecule has 114 valence electrons. The SMILES string of the molecule is c1ccc(-c2cccc(-c3ccc(-c4ccccn4)cc3)c2)cc1. The topological polar surface area (TPSA) is 12.9 Å². The van der Waals surface area contributed by atoms with Gasteiger partial charge in [-0.15, -0.1) is 0 Å². The first-order chi connectivity index (χ1) is 11.9. The fourth-order valence-electron chi connectivity index (χ4n) is 2.88. The molecule has 0 aliphatic heterocycles. The van der Waals surface area contributed by atoms with Gasteiger partial charge in [-0.25, -0.2) is 0 Å². The largest absolute Gasteiger partial charge is 0.256 e. The Morgan fingerprint density at radius 1 is 0.417 bits per heavy atom. The van der Waals surface area contributed by atoms with Gasteiger partial charge in [0.05, 0.1) is 5.69 Å². The number of nitrogens with zero attached hydrogens (tertiary/aromatic N) is 1. The molecule has 1 heteroatoms. The van der Waals surface area contributed by atoms with E-state index < -0.39 is 0 Å². The number of aromatic nitrogens is 1. The molecule has 4 aromatic rings. The zero-order valence-corrected chi connectivity index (χ0v) is 13.3. The second-order valence-electron chi connectivity index (χ2n) is 5.74. The Balaban J connectivity index is 1.67. The Morgan fingerprint density at radius 2 is 1.00 bits per heavy atom. The van der Waals surface area contributed by atoms with Crippen LogP contribution < -0.4 is 0 Å². The highest BCUT2D eigenvalue weighted by Gasteiger charge is 2.03. The average molecular weight is 307 g/mol. The van der Waals surface area contributed by atoms with Gasteiger partial charge in [0, 0.05) is 11.8 Å². The highest BCUT2D eigenvalue weighted by atomic mass is 14.7. The lowest BCUT2D eigenvalue weighted by atomic mass is 9.98. The van der Waals surface area contributed by atoms with Crippen LogP contribution in [0.1, 0.15) is 0 Å². The molecule has 0 unspecified atom stereocenters. The maximum absolute atomic E-state index is 4.41. The monoisotopic (exact) mass is 307 g/mol. The average Bonchev–Trinajstić information content (AvgIpc) is 2.70. The van der Waals surface area contributed by atoms with E-state index in [1.54, 1.807) is 0 Å². The van der Waals surface area contributed by atoms with Gasteiger partial charge in [0.25, 0.3) is 0 Å². The minimum absolute atomic E-state index is 1.00. The summed E-state index contributed by atoms with van der Waals surface area (Å²) in [5, 5.41) is 0. The maximum Gasteiger partial charge on any atom is 0.0701 e. The number of hydrogen-bond acceptors (Lipinski definition) is 1. The molecule has 0 saturated carbocycles. The quantitative estimate of drug-likeness (QED) is 0.447. The molecule has 0 spiro atoms. The van der Waals surface area contributed by atoms with Crippen LogP contribution in [0.15, 0.2) is 103 Å². The molecule has 0 aliphatic carbocycles. The minimum Gasteiger partial charge on any atom is -0.256 e. The van der Waals surface area contributed by atoms with E-state index in [9.17, 15) is 0 Å². The van der Waals surface area contributed by atoms with E-state index in [2.05, 4.69) is 77.8 Å². The molecule has 4 rings (SSSR count). The predicted molar refractivity (Wildman–Crippen MR) is 101 cm³/mol. The normalized spacial score (nSPS) is 10.5. The zero-order chi connectivity index (χ0) is 16.2. The second kappa shape index (κ2) is 6.51. The van der Waals surface area contributed by atoms with Gasteiger partial charge in [-0.05, 0) is 40.5 Å². The molecule has 0 saturated heterocycles. The molecular weight excluding hydrogens is 290 g/mol. The first kappa shape index (κ1) is 14.4. The van der Waals surface area contributed by atoms with E-state index in [0.717, 1.165) is 11.3 Å². The van der Waals surface area contributed by atoms with Gasteiger partial charge in [-0.3, -0.25) is 4.98 Å². The molecule has 1 heterocycles. The van der Waals surface area contributed by atoms with Crippen molar-refractivity contribution in [2.24, 2.45) is 0 Å².